The van der Waals surface area contributed by atoms with Crippen LogP contribution in [0.1, 0.15) is 9.67 Å². The number of carbonyl (C=O) groups excluding carboxylic acids is 1. The molecule has 0 saturated heterocycles. The van der Waals surface area contributed by atoms with E-state index < -0.39 is 5.97 Å². The predicted octanol–water partition coefficient (Wildman–Crippen LogP) is 4.82. The van der Waals surface area contributed by atoms with Crippen molar-refractivity contribution < 1.29 is 14.7 Å². The Morgan fingerprint density at radius 3 is 2.10 bits per heavy atom. The number of fused-ring (bicyclic) bond motifs is 1. The Morgan fingerprint density at radius 2 is 1.55 bits per heavy atom. The molecule has 4 rings (SSSR count). The summed E-state index contributed by atoms with van der Waals surface area (Å²) in [6, 6.07) is 21.5. The first-order chi connectivity index (χ1) is 14.0. The van der Waals surface area contributed by atoms with Crippen molar-refractivity contribution in [3.63, 3.8) is 0 Å². The summed E-state index contributed by atoms with van der Waals surface area (Å²) >= 11 is 1.20. The fourth-order valence-electron chi connectivity index (χ4n) is 3.45. The van der Waals surface area contributed by atoms with Gasteiger partial charge >= 0.3 is 5.97 Å². The molecule has 5 nitrogen and oxygen atoms in total. The molecular weight excluding hydrogens is 384 g/mol. The maximum atomic E-state index is 12.6. The molecule has 2 aromatic carbocycles. The number of carboxylic acid groups (broad SMARTS) is 1. The number of carbonyl (C=O) groups is 2. The van der Waals surface area contributed by atoms with E-state index in [0.717, 1.165) is 32.6 Å². The van der Waals surface area contributed by atoms with Gasteiger partial charge in [-0.25, -0.2) is 4.79 Å². The highest BCUT2D eigenvalue weighted by molar-refractivity contribution is 7.20. The van der Waals surface area contributed by atoms with Gasteiger partial charge in [0.25, 0.3) is 0 Å². The summed E-state index contributed by atoms with van der Waals surface area (Å²) in [6.07, 6.45) is 0. The molecule has 146 valence electrons. The van der Waals surface area contributed by atoms with Gasteiger partial charge in [0.2, 0.25) is 5.91 Å². The molecule has 29 heavy (non-hydrogen) atoms. The lowest BCUT2D eigenvalue weighted by Gasteiger charge is -2.15. The Hall–Kier alpha value is -3.38. The molecule has 6 heteroatoms. The second-order valence-corrected chi connectivity index (χ2v) is 8.00. The molecule has 0 bridgehead atoms. The fourth-order valence-corrected chi connectivity index (χ4v) is 4.46. The van der Waals surface area contributed by atoms with E-state index in [2.05, 4.69) is 0 Å². The molecule has 0 atom stereocenters. The Balaban J connectivity index is 2.09. The maximum Gasteiger partial charge on any atom is 0.345 e. The quantitative estimate of drug-likeness (QED) is 0.519. The number of hydrogen-bond acceptors (Lipinski definition) is 3. The van der Waals surface area contributed by atoms with Crippen LogP contribution in [0.25, 0.3) is 32.6 Å². The van der Waals surface area contributed by atoms with Crippen molar-refractivity contribution in [1.82, 2.24) is 9.47 Å². The maximum absolute atomic E-state index is 12.6. The van der Waals surface area contributed by atoms with Crippen LogP contribution in [0.4, 0.5) is 0 Å². The van der Waals surface area contributed by atoms with Crippen LogP contribution in [-0.2, 0) is 11.3 Å². The van der Waals surface area contributed by atoms with Gasteiger partial charge in [0, 0.05) is 25.0 Å². The van der Waals surface area contributed by atoms with Gasteiger partial charge < -0.3 is 14.6 Å². The number of nitrogens with zero attached hydrogens (tertiary/aromatic N) is 2. The summed E-state index contributed by atoms with van der Waals surface area (Å²) < 4.78 is 1.95. The zero-order valence-electron chi connectivity index (χ0n) is 16.1. The van der Waals surface area contributed by atoms with Crippen molar-refractivity contribution in [2.24, 2.45) is 0 Å². The van der Waals surface area contributed by atoms with Crippen molar-refractivity contribution in [2.75, 3.05) is 14.1 Å². The third kappa shape index (κ3) is 3.43. The number of benzene rings is 2. The van der Waals surface area contributed by atoms with Crippen molar-refractivity contribution in [3.8, 4) is 22.4 Å². The van der Waals surface area contributed by atoms with Crippen LogP contribution in [0.2, 0.25) is 0 Å². The average Bonchev–Trinajstić information content (AvgIpc) is 3.27. The summed E-state index contributed by atoms with van der Waals surface area (Å²) in [4.78, 5) is 26.9. The van der Waals surface area contributed by atoms with Crippen LogP contribution in [0.5, 0.6) is 0 Å². The minimum absolute atomic E-state index is 0.0519. The number of rotatable bonds is 5. The average molecular weight is 404 g/mol. The highest BCUT2D eigenvalue weighted by atomic mass is 32.1. The number of hydrogen-bond donors (Lipinski definition) is 1. The summed E-state index contributed by atoms with van der Waals surface area (Å²) in [5.74, 6) is -1.01. The molecule has 2 aromatic heterocycles. The van der Waals surface area contributed by atoms with Crippen LogP contribution < -0.4 is 0 Å². The topological polar surface area (TPSA) is 62.5 Å². The zero-order valence-corrected chi connectivity index (χ0v) is 16.9. The van der Waals surface area contributed by atoms with E-state index >= 15 is 0 Å². The normalized spacial score (nSPS) is 11.0. The van der Waals surface area contributed by atoms with E-state index in [0.29, 0.717) is 0 Å². The number of aromatic carboxylic acids is 1. The summed E-state index contributed by atoms with van der Waals surface area (Å²) in [7, 11) is 3.45. The van der Waals surface area contributed by atoms with Crippen LogP contribution in [-0.4, -0.2) is 40.5 Å². The first-order valence-electron chi connectivity index (χ1n) is 9.17. The molecular formula is C23H20N2O3S. The lowest BCUT2D eigenvalue weighted by molar-refractivity contribution is -0.129. The lowest BCUT2D eigenvalue weighted by Crippen LogP contribution is -2.26. The van der Waals surface area contributed by atoms with E-state index in [4.69, 9.17) is 0 Å². The zero-order chi connectivity index (χ0) is 20.5. The molecule has 0 saturated carbocycles. The van der Waals surface area contributed by atoms with Gasteiger partial charge in [-0.15, -0.1) is 11.3 Å². The Labute approximate surface area is 172 Å². The van der Waals surface area contributed by atoms with Gasteiger partial charge in [0.05, 0.1) is 5.69 Å². The van der Waals surface area contributed by atoms with Crippen molar-refractivity contribution >= 4 is 33.4 Å². The molecule has 0 radical (unpaired) electrons. The van der Waals surface area contributed by atoms with Crippen molar-refractivity contribution in [3.05, 3.63) is 71.6 Å². The molecule has 1 amide bonds. The predicted molar refractivity (Wildman–Crippen MR) is 116 cm³/mol. The number of likely N-dealkylation sites (N-methyl/N-ethyl adjacent to an activating group) is 1. The number of amides is 1. The standard InChI is InChI=1S/C23H20N2O3S/c1-24(2)19(26)14-25-21(16-11-7-4-8-12-16)20(15-9-5-3-6-10-15)17-13-18(23(27)28)29-22(17)25/h3-13H,14H2,1-2H3,(H,27,28). The first kappa shape index (κ1) is 19.0. The van der Waals surface area contributed by atoms with Gasteiger partial charge in [-0.1, -0.05) is 60.7 Å². The first-order valence-corrected chi connectivity index (χ1v) is 9.99. The monoisotopic (exact) mass is 404 g/mol. The fraction of sp³-hybridized carbons (Fsp3) is 0.130. The summed E-state index contributed by atoms with van der Waals surface area (Å²) in [5, 5.41) is 10.4. The van der Waals surface area contributed by atoms with Gasteiger partial charge in [-0.3, -0.25) is 4.79 Å². The van der Waals surface area contributed by atoms with Crippen LogP contribution in [0.3, 0.4) is 0 Å². The largest absolute Gasteiger partial charge is 0.477 e. The van der Waals surface area contributed by atoms with Crippen molar-refractivity contribution in [1.29, 1.82) is 0 Å². The number of carboxylic acids is 1. The smallest absolute Gasteiger partial charge is 0.345 e. The van der Waals surface area contributed by atoms with E-state index in [9.17, 15) is 14.7 Å². The van der Waals surface area contributed by atoms with E-state index in [-0.39, 0.29) is 17.3 Å². The van der Waals surface area contributed by atoms with Gasteiger partial charge in [0.15, 0.2) is 0 Å². The van der Waals surface area contributed by atoms with Gasteiger partial charge in [-0.05, 0) is 17.2 Å². The van der Waals surface area contributed by atoms with Crippen LogP contribution >= 0.6 is 11.3 Å². The SMILES string of the molecule is CN(C)C(=O)Cn1c(-c2ccccc2)c(-c2ccccc2)c2cc(C(=O)O)sc21. The Kier molecular flexibility index (Phi) is 4.94. The lowest BCUT2D eigenvalue weighted by atomic mass is 9.99. The Bertz CT molecular complexity index is 1190. The molecule has 0 spiro atoms. The van der Waals surface area contributed by atoms with Gasteiger partial charge in [-0.2, -0.15) is 0 Å². The second-order valence-electron chi connectivity index (χ2n) is 6.96. The second kappa shape index (κ2) is 7.56. The molecule has 1 N–H and O–H groups in total. The third-order valence-electron chi connectivity index (χ3n) is 4.85. The Morgan fingerprint density at radius 1 is 0.966 bits per heavy atom. The highest BCUT2D eigenvalue weighted by Gasteiger charge is 2.25. The highest BCUT2D eigenvalue weighted by Crippen LogP contribution is 2.44. The minimum Gasteiger partial charge on any atom is -0.477 e. The number of aromatic nitrogens is 1. The molecule has 4 aromatic rings. The molecule has 0 aliphatic heterocycles. The molecule has 0 aliphatic carbocycles. The third-order valence-corrected chi connectivity index (χ3v) is 5.99. The van der Waals surface area contributed by atoms with Crippen molar-refractivity contribution in [2.45, 2.75) is 6.54 Å². The molecule has 0 aliphatic rings. The summed E-state index contributed by atoms with van der Waals surface area (Å²) in [6.45, 7) is 0.139. The van der Waals surface area contributed by atoms with E-state index in [1.807, 2.05) is 65.2 Å². The van der Waals surface area contributed by atoms with Crippen LogP contribution in [0.15, 0.2) is 66.7 Å². The van der Waals surface area contributed by atoms with E-state index in [1.54, 1.807) is 25.1 Å². The number of thiophene rings is 1. The molecule has 2 heterocycles. The molecule has 0 unspecified atom stereocenters. The van der Waals surface area contributed by atoms with E-state index in [1.165, 1.54) is 11.3 Å². The minimum atomic E-state index is -0.961. The molecule has 0 fully saturated rings. The van der Waals surface area contributed by atoms with Gasteiger partial charge in [0.1, 0.15) is 16.3 Å². The van der Waals surface area contributed by atoms with Crippen LogP contribution in [0, 0.1) is 0 Å². The summed E-state index contributed by atoms with van der Waals surface area (Å²) in [5.41, 5.74) is 3.84.